The van der Waals surface area contributed by atoms with Crippen LogP contribution < -0.4 is 10.9 Å². The first-order valence-corrected chi connectivity index (χ1v) is 8.59. The molecule has 0 saturated carbocycles. The SMILES string of the molecule is COCc1cccc(CNc2nc3c(cnn3-c3ccccc3)c(=O)[nH]2)c1. The third-order valence-electron chi connectivity index (χ3n) is 4.20. The highest BCUT2D eigenvalue weighted by Crippen LogP contribution is 2.15. The zero-order valence-corrected chi connectivity index (χ0v) is 14.8. The molecule has 0 spiro atoms. The van der Waals surface area contributed by atoms with Crippen molar-refractivity contribution in [3.8, 4) is 5.69 Å². The van der Waals surface area contributed by atoms with Gasteiger partial charge >= 0.3 is 0 Å². The minimum Gasteiger partial charge on any atom is -0.380 e. The van der Waals surface area contributed by atoms with Crippen LogP contribution in [0.15, 0.2) is 65.6 Å². The number of fused-ring (bicyclic) bond motifs is 1. The zero-order chi connectivity index (χ0) is 18.6. The first-order valence-electron chi connectivity index (χ1n) is 8.59. The van der Waals surface area contributed by atoms with E-state index in [9.17, 15) is 4.79 Å². The highest BCUT2D eigenvalue weighted by molar-refractivity contribution is 5.76. The number of para-hydroxylation sites is 1. The van der Waals surface area contributed by atoms with E-state index in [2.05, 4.69) is 26.4 Å². The number of H-pyrrole nitrogens is 1. The van der Waals surface area contributed by atoms with E-state index in [1.807, 2.05) is 48.5 Å². The highest BCUT2D eigenvalue weighted by atomic mass is 16.5. The lowest BCUT2D eigenvalue weighted by Gasteiger charge is -2.08. The first-order chi connectivity index (χ1) is 13.2. The van der Waals surface area contributed by atoms with Gasteiger partial charge in [-0.3, -0.25) is 9.78 Å². The summed E-state index contributed by atoms with van der Waals surface area (Å²) < 4.78 is 6.83. The Bertz CT molecular complexity index is 1120. The van der Waals surface area contributed by atoms with Gasteiger partial charge in [0.2, 0.25) is 5.95 Å². The lowest BCUT2D eigenvalue weighted by Crippen LogP contribution is -2.13. The van der Waals surface area contributed by atoms with Gasteiger partial charge in [-0.05, 0) is 23.3 Å². The quantitative estimate of drug-likeness (QED) is 0.552. The molecule has 136 valence electrons. The van der Waals surface area contributed by atoms with Gasteiger partial charge in [-0.15, -0.1) is 0 Å². The van der Waals surface area contributed by atoms with Gasteiger partial charge in [0.15, 0.2) is 5.65 Å². The van der Waals surface area contributed by atoms with Crippen LogP contribution in [0, 0.1) is 0 Å². The molecule has 0 fully saturated rings. The Hall–Kier alpha value is -3.45. The van der Waals surface area contributed by atoms with Gasteiger partial charge in [-0.2, -0.15) is 10.1 Å². The summed E-state index contributed by atoms with van der Waals surface area (Å²) in [5.41, 5.74) is 3.31. The number of nitrogens with zero attached hydrogens (tertiary/aromatic N) is 3. The molecule has 2 aromatic heterocycles. The van der Waals surface area contributed by atoms with E-state index in [1.54, 1.807) is 11.8 Å². The number of rotatable bonds is 6. The largest absolute Gasteiger partial charge is 0.380 e. The van der Waals surface area contributed by atoms with Crippen LogP contribution in [0.1, 0.15) is 11.1 Å². The third kappa shape index (κ3) is 3.58. The van der Waals surface area contributed by atoms with Crippen molar-refractivity contribution in [2.75, 3.05) is 12.4 Å². The van der Waals surface area contributed by atoms with Crippen LogP contribution in [0.5, 0.6) is 0 Å². The van der Waals surface area contributed by atoms with Crippen LogP contribution in [0.25, 0.3) is 16.7 Å². The lowest BCUT2D eigenvalue weighted by molar-refractivity contribution is 0.185. The van der Waals surface area contributed by atoms with Gasteiger partial charge in [0.1, 0.15) is 5.39 Å². The summed E-state index contributed by atoms with van der Waals surface area (Å²) in [7, 11) is 1.67. The fourth-order valence-corrected chi connectivity index (χ4v) is 2.94. The molecule has 0 radical (unpaired) electrons. The van der Waals surface area contributed by atoms with Gasteiger partial charge < -0.3 is 10.1 Å². The smallest absolute Gasteiger partial charge is 0.263 e. The standard InChI is InChI=1S/C20H19N5O2/c1-27-13-15-7-5-6-14(10-15)11-21-20-23-18-17(19(26)24-20)12-22-25(18)16-8-3-2-4-9-16/h2-10,12H,11,13H2,1H3,(H2,21,23,24,26). The normalized spacial score (nSPS) is 11.0. The Labute approximate surface area is 155 Å². The van der Waals surface area contributed by atoms with Crippen LogP contribution in [0.4, 0.5) is 5.95 Å². The maximum atomic E-state index is 12.4. The average molecular weight is 361 g/mol. The van der Waals surface area contributed by atoms with Crippen LogP contribution in [0.3, 0.4) is 0 Å². The van der Waals surface area contributed by atoms with Crippen molar-refractivity contribution in [3.63, 3.8) is 0 Å². The van der Waals surface area contributed by atoms with Crippen molar-refractivity contribution < 1.29 is 4.74 Å². The van der Waals surface area contributed by atoms with Crippen molar-refractivity contribution in [1.82, 2.24) is 19.7 Å². The van der Waals surface area contributed by atoms with E-state index in [4.69, 9.17) is 4.74 Å². The van der Waals surface area contributed by atoms with E-state index in [-0.39, 0.29) is 5.56 Å². The maximum absolute atomic E-state index is 12.4. The highest BCUT2D eigenvalue weighted by Gasteiger charge is 2.11. The third-order valence-corrected chi connectivity index (χ3v) is 4.20. The molecule has 0 aliphatic carbocycles. The van der Waals surface area contributed by atoms with Gasteiger partial charge in [0, 0.05) is 13.7 Å². The minimum atomic E-state index is -0.224. The molecule has 0 bridgehead atoms. The van der Waals surface area contributed by atoms with E-state index in [0.717, 1.165) is 16.8 Å². The summed E-state index contributed by atoms with van der Waals surface area (Å²) in [6, 6.07) is 17.7. The predicted octanol–water partition coefficient (Wildman–Crippen LogP) is 2.87. The Kier molecular flexibility index (Phi) is 4.67. The monoisotopic (exact) mass is 361 g/mol. The minimum absolute atomic E-state index is 0.224. The van der Waals surface area contributed by atoms with Crippen LogP contribution in [0.2, 0.25) is 0 Å². The Morgan fingerprint density at radius 1 is 1.11 bits per heavy atom. The summed E-state index contributed by atoms with van der Waals surface area (Å²) in [5, 5.41) is 7.94. The maximum Gasteiger partial charge on any atom is 0.263 e. The summed E-state index contributed by atoms with van der Waals surface area (Å²) in [6.07, 6.45) is 1.53. The van der Waals surface area contributed by atoms with Gasteiger partial charge in [-0.25, -0.2) is 4.68 Å². The summed E-state index contributed by atoms with van der Waals surface area (Å²) in [4.78, 5) is 19.7. The van der Waals surface area contributed by atoms with Crippen molar-refractivity contribution >= 4 is 17.0 Å². The molecule has 2 heterocycles. The summed E-state index contributed by atoms with van der Waals surface area (Å²) in [6.45, 7) is 1.09. The van der Waals surface area contributed by atoms with Crippen molar-refractivity contribution in [3.05, 3.63) is 82.3 Å². The fourth-order valence-electron chi connectivity index (χ4n) is 2.94. The lowest BCUT2D eigenvalue weighted by atomic mass is 10.1. The van der Waals surface area contributed by atoms with Gasteiger partial charge in [-0.1, -0.05) is 42.5 Å². The predicted molar refractivity (Wildman–Crippen MR) is 104 cm³/mol. The Balaban J connectivity index is 1.63. The molecule has 0 unspecified atom stereocenters. The molecule has 0 saturated heterocycles. The van der Waals surface area contributed by atoms with Gasteiger partial charge in [0.25, 0.3) is 5.56 Å². The fraction of sp³-hybridized carbons (Fsp3) is 0.150. The molecule has 0 aliphatic heterocycles. The number of hydrogen-bond acceptors (Lipinski definition) is 5. The average Bonchev–Trinajstić information content (AvgIpc) is 3.12. The number of aromatic nitrogens is 4. The second-order valence-electron chi connectivity index (χ2n) is 6.15. The first kappa shape index (κ1) is 17.0. The molecule has 4 rings (SSSR count). The zero-order valence-electron chi connectivity index (χ0n) is 14.8. The second kappa shape index (κ2) is 7.43. The molecule has 2 N–H and O–H groups in total. The number of aromatic amines is 1. The molecule has 4 aromatic rings. The van der Waals surface area contributed by atoms with Crippen LogP contribution in [-0.4, -0.2) is 26.9 Å². The molecular weight excluding hydrogens is 342 g/mol. The molecular formula is C20H19N5O2. The second-order valence-corrected chi connectivity index (χ2v) is 6.15. The van der Waals surface area contributed by atoms with E-state index < -0.39 is 0 Å². The van der Waals surface area contributed by atoms with Crippen LogP contribution in [-0.2, 0) is 17.9 Å². The summed E-state index contributed by atoms with van der Waals surface area (Å²) in [5.74, 6) is 0.405. The molecule has 7 heteroatoms. The number of methoxy groups -OCH3 is 1. The molecule has 0 atom stereocenters. The van der Waals surface area contributed by atoms with E-state index >= 15 is 0 Å². The molecule has 27 heavy (non-hydrogen) atoms. The Morgan fingerprint density at radius 3 is 2.74 bits per heavy atom. The van der Waals surface area contributed by atoms with Crippen molar-refractivity contribution in [1.29, 1.82) is 0 Å². The number of hydrogen-bond donors (Lipinski definition) is 2. The van der Waals surface area contributed by atoms with E-state index in [0.29, 0.717) is 30.1 Å². The molecule has 2 aromatic carbocycles. The van der Waals surface area contributed by atoms with E-state index in [1.165, 1.54) is 6.20 Å². The van der Waals surface area contributed by atoms with Crippen molar-refractivity contribution in [2.24, 2.45) is 0 Å². The summed E-state index contributed by atoms with van der Waals surface area (Å²) >= 11 is 0. The number of nitrogens with one attached hydrogen (secondary N) is 2. The number of ether oxygens (including phenoxy) is 1. The topological polar surface area (TPSA) is 84.8 Å². The Morgan fingerprint density at radius 2 is 1.93 bits per heavy atom. The molecule has 0 amide bonds. The van der Waals surface area contributed by atoms with Crippen LogP contribution >= 0.6 is 0 Å². The van der Waals surface area contributed by atoms with Gasteiger partial charge in [0.05, 0.1) is 18.5 Å². The number of benzene rings is 2. The number of anilines is 1. The molecule has 7 nitrogen and oxygen atoms in total. The molecule has 0 aliphatic rings. The van der Waals surface area contributed by atoms with Crippen molar-refractivity contribution in [2.45, 2.75) is 13.2 Å².